The molecule has 3 unspecified atom stereocenters. The van der Waals surface area contributed by atoms with E-state index in [0.29, 0.717) is 159 Å². The Balaban J connectivity index is 0.00000246. The van der Waals surface area contributed by atoms with Crippen LogP contribution in [0, 0.1) is 24.7 Å². The van der Waals surface area contributed by atoms with Crippen molar-refractivity contribution in [1.82, 2.24) is 51.3 Å². The number of amides is 4. The molecule has 2 aromatic rings. The molecule has 128 heavy (non-hydrogen) atoms. The summed E-state index contributed by atoms with van der Waals surface area (Å²) < 4.78 is 63.8. The van der Waals surface area contributed by atoms with Crippen molar-refractivity contribution in [1.29, 1.82) is 0 Å². The monoisotopic (exact) mass is 1810 g/mol. The standard InChI is InChI=1S/C45H69N15O15.C17H29N7O6.C17H22O6/c1-32(61)39(51-44(68)72-24-10-20-50-56-47)13-5-4-6-15-41(65)70-25-11-21-59-29-35(53-57-59)27-37(64)16-17-38(75-34(3)63)31-74-42(66)28-36-30-60(58-54-36)22-12-26-73-45(69)52-40(33(2)62)14-7-8-18-48-43(67)71-23-9-19-49-55-46;1-2-28-16(26)14(22-17(27)30-13-7-11-21-24-19)8-4-3-5-9-15(25)29-12-6-10-20-23-18;1-4-6-8-10-16(19)21-12-15(23-14(3)18)13-22-17(20)11-9-7-5-2/h29-30,38-40H,4-28,31H2,1-3H3,(H,48,67)(H,51,68)(H,52,69);14H,2-13H2,1H3,(H,22,27);1-2,15H,6-13H2,3H3/t;14-;/m.0./s1. The number of unbranched alkanes of at least 4 members (excludes halogenated alkanes) is 7. The lowest BCUT2D eigenvalue weighted by Gasteiger charge is -2.17. The number of hydrogen-bond donors (Lipinski definition) is 4. The Morgan fingerprint density at radius 3 is 1.20 bits per heavy atom. The molecule has 708 valence electrons. The number of azide groups is 4. The summed E-state index contributed by atoms with van der Waals surface area (Å²) in [5, 5.41) is 39.5. The molecule has 0 aromatic carbocycles. The number of ether oxygens (including phenoxy) is 12. The van der Waals surface area contributed by atoms with Crippen LogP contribution < -0.4 is 21.3 Å². The van der Waals surface area contributed by atoms with Gasteiger partial charge < -0.3 is 78.1 Å². The van der Waals surface area contributed by atoms with Gasteiger partial charge in [0.2, 0.25) is 0 Å². The topological polar surface area (TPSA) is 671 Å². The summed E-state index contributed by atoms with van der Waals surface area (Å²) in [5.41, 5.74) is 33.5. The van der Waals surface area contributed by atoms with Gasteiger partial charge in [-0.15, -0.1) is 34.9 Å². The normalized spacial score (nSPS) is 11.1. The van der Waals surface area contributed by atoms with Crippen molar-refractivity contribution in [3.63, 3.8) is 0 Å². The van der Waals surface area contributed by atoms with E-state index < -0.39 is 90.5 Å². The van der Waals surface area contributed by atoms with Crippen molar-refractivity contribution in [2.45, 2.75) is 264 Å². The van der Waals surface area contributed by atoms with E-state index in [2.05, 4.69) is 93.8 Å². The van der Waals surface area contributed by atoms with Gasteiger partial charge in [-0.05, 0) is 133 Å². The van der Waals surface area contributed by atoms with Crippen LogP contribution in [0.1, 0.15) is 219 Å². The van der Waals surface area contributed by atoms with Crippen LogP contribution in [-0.4, -0.2) is 249 Å². The second kappa shape index (κ2) is 77.1. The first-order chi connectivity index (χ1) is 61.6. The molecule has 2 rings (SSSR count). The van der Waals surface area contributed by atoms with Crippen LogP contribution in [0.5, 0.6) is 0 Å². The van der Waals surface area contributed by atoms with Crippen molar-refractivity contribution in [2.24, 2.45) is 20.5 Å². The second-order valence-corrected chi connectivity index (χ2v) is 27.6. The van der Waals surface area contributed by atoms with Gasteiger partial charge >= 0.3 is 72.1 Å². The summed E-state index contributed by atoms with van der Waals surface area (Å²) >= 11 is 0. The third-order valence-electron chi connectivity index (χ3n) is 16.7. The molecule has 2 heterocycles. The number of nitrogens with one attached hydrogen (secondary N) is 4. The van der Waals surface area contributed by atoms with Crippen molar-refractivity contribution < 1.29 is 129 Å². The Morgan fingerprint density at radius 1 is 0.406 bits per heavy atom. The summed E-state index contributed by atoms with van der Waals surface area (Å²) in [6.45, 7) is 8.76. The van der Waals surface area contributed by atoms with Gasteiger partial charge in [-0.2, -0.15) is 0 Å². The van der Waals surface area contributed by atoms with E-state index >= 15 is 0 Å². The van der Waals surface area contributed by atoms with Crippen LogP contribution in [0.15, 0.2) is 32.9 Å². The highest BCUT2D eigenvalue weighted by Gasteiger charge is 2.26. The van der Waals surface area contributed by atoms with E-state index in [1.807, 2.05) is 0 Å². The number of ketones is 3. The first kappa shape index (κ1) is 114. The molecule has 0 aliphatic rings. The van der Waals surface area contributed by atoms with Crippen molar-refractivity contribution in [2.75, 3.05) is 98.8 Å². The third kappa shape index (κ3) is 67.9. The fourth-order valence-electron chi connectivity index (χ4n) is 10.5. The molecular formula is C79H120N22O27. The highest BCUT2D eigenvalue weighted by atomic mass is 16.6. The largest absolute Gasteiger partial charge is 0.466 e. The Morgan fingerprint density at radius 2 is 0.773 bits per heavy atom. The average molecular weight is 1810 g/mol. The van der Waals surface area contributed by atoms with E-state index in [0.717, 1.165) is 0 Å². The predicted octanol–water partition coefficient (Wildman–Crippen LogP) is 9.57. The van der Waals surface area contributed by atoms with Crippen molar-refractivity contribution in [3.05, 3.63) is 65.6 Å². The van der Waals surface area contributed by atoms with E-state index in [1.165, 1.54) is 43.3 Å². The smallest absolute Gasteiger partial charge is 0.407 e. The molecule has 0 saturated heterocycles. The van der Waals surface area contributed by atoms with Gasteiger partial charge in [-0.1, -0.05) is 56.6 Å². The first-order valence-corrected chi connectivity index (χ1v) is 41.8. The average Bonchev–Trinajstić information content (AvgIpc) is 1.76. The molecule has 49 heteroatoms. The van der Waals surface area contributed by atoms with E-state index in [-0.39, 0.29) is 179 Å². The lowest BCUT2D eigenvalue weighted by molar-refractivity contribution is -0.165. The molecule has 4 amide bonds. The van der Waals surface area contributed by atoms with Gasteiger partial charge in [-0.25, -0.2) is 24.0 Å². The number of alkyl carbamates (subject to hydrolysis) is 4. The number of Topliss-reactive ketones (excluding diaryl/α,β-unsaturated/α-hetero) is 3. The maximum atomic E-state index is 12.8. The Kier molecular flexibility index (Phi) is 69.0. The van der Waals surface area contributed by atoms with E-state index in [4.69, 9.17) is 91.8 Å². The summed E-state index contributed by atoms with van der Waals surface area (Å²) in [4.78, 5) is 189. The molecule has 0 saturated carbocycles. The molecule has 0 spiro atoms. The molecule has 4 N–H and O–H groups in total. The van der Waals surface area contributed by atoms with Crippen LogP contribution in [0.4, 0.5) is 19.2 Å². The molecule has 49 nitrogen and oxygen atoms in total. The zero-order chi connectivity index (χ0) is 95.0. The predicted molar refractivity (Wildman–Crippen MR) is 449 cm³/mol. The van der Waals surface area contributed by atoms with Crippen LogP contribution in [-0.2, 0) is 136 Å². The number of nitrogens with zero attached hydrogens (tertiary/aromatic N) is 18. The molecule has 4 atom stereocenters. The fourth-order valence-corrected chi connectivity index (χ4v) is 10.5. The number of hydrogen-bond acceptors (Lipinski definition) is 35. The number of aryl methyl sites for hydroxylation is 2. The highest BCUT2D eigenvalue weighted by molar-refractivity contribution is 5.86. The molecule has 0 radical (unpaired) electrons. The number of terminal acetylenes is 2. The van der Waals surface area contributed by atoms with E-state index in [1.54, 1.807) is 13.1 Å². The molecule has 0 aliphatic carbocycles. The number of esters is 8. The number of rotatable bonds is 69. The van der Waals surface area contributed by atoms with Gasteiger partial charge in [0, 0.05) is 149 Å². The van der Waals surface area contributed by atoms with Gasteiger partial charge in [0.15, 0.2) is 17.7 Å². The molecule has 0 fully saturated rings. The van der Waals surface area contributed by atoms with Crippen molar-refractivity contribution >= 4 is 89.5 Å². The molecular weight excluding hydrogens is 1690 g/mol. The van der Waals surface area contributed by atoms with Crippen LogP contribution >= 0.6 is 0 Å². The summed E-state index contributed by atoms with van der Waals surface area (Å²) in [5.74, 6) is 0.140. The molecule has 2 aromatic heterocycles. The van der Waals surface area contributed by atoms with Crippen LogP contribution in [0.2, 0.25) is 0 Å². The van der Waals surface area contributed by atoms with Crippen LogP contribution in [0.25, 0.3) is 41.8 Å². The Hall–Kier alpha value is -13.5. The Bertz CT molecular complexity index is 3960. The summed E-state index contributed by atoms with van der Waals surface area (Å²) in [7, 11) is 0. The SMILES string of the molecule is C#CCCCC(=O)OCC(COC(=O)CCCC#C)OC(C)=O.CC(=O)OC(CCC(=O)Cc1cn(CCCOC(=O)CCCCCC(NC(=O)OCCCN=[N+]=[N-])C(C)=O)nn1)COC(=O)Cc1cn(CCCOC(=O)NC(CCCCNC(=O)OCCCN=[N+]=[N-])C(C)=O)nn1.CCOC(=O)[C@H](CCCCCC(=O)OCCCN=[N+]=[N-])NC(=O)OCCCN=[N+]=[N-]. The lowest BCUT2D eigenvalue weighted by atomic mass is 10.0. The van der Waals surface area contributed by atoms with Gasteiger partial charge in [0.05, 0.1) is 82.6 Å². The van der Waals surface area contributed by atoms with Crippen LogP contribution in [0.3, 0.4) is 0 Å². The lowest BCUT2D eigenvalue weighted by Crippen LogP contribution is -2.42. The van der Waals surface area contributed by atoms with Gasteiger partial charge in [0.1, 0.15) is 37.7 Å². The minimum atomic E-state index is -0.894. The zero-order valence-electron chi connectivity index (χ0n) is 73.3. The van der Waals surface area contributed by atoms with Gasteiger partial charge in [0.25, 0.3) is 0 Å². The fraction of sp³-hybridized carbons (Fsp3) is 0.709. The zero-order valence-corrected chi connectivity index (χ0v) is 73.3. The highest BCUT2D eigenvalue weighted by Crippen LogP contribution is 2.14. The summed E-state index contributed by atoms with van der Waals surface area (Å²) in [6.07, 6.45) is 19.4. The maximum Gasteiger partial charge on any atom is 0.407 e. The van der Waals surface area contributed by atoms with E-state index in [9.17, 15) is 71.9 Å². The van der Waals surface area contributed by atoms with Gasteiger partial charge in [-0.3, -0.25) is 57.3 Å². The minimum absolute atomic E-state index is 0.00368. The summed E-state index contributed by atoms with van der Waals surface area (Å²) in [6, 6.07) is -2.34. The third-order valence-corrected chi connectivity index (χ3v) is 16.7. The maximum absolute atomic E-state index is 12.8. The number of carbonyl (C=O) groups excluding carboxylic acids is 15. The Labute approximate surface area is 740 Å². The number of carbonyl (C=O) groups is 15. The molecule has 0 bridgehead atoms. The quantitative estimate of drug-likeness (QED) is 0.00910. The van der Waals surface area contributed by atoms with Crippen molar-refractivity contribution in [3.8, 4) is 24.7 Å². The second-order valence-electron chi connectivity index (χ2n) is 27.6. The minimum Gasteiger partial charge on any atom is -0.466 e. The first-order valence-electron chi connectivity index (χ1n) is 41.8. The molecule has 0 aliphatic heterocycles. The number of aromatic nitrogens is 6.